The van der Waals surface area contributed by atoms with Gasteiger partial charge in [-0.25, -0.2) is 9.80 Å². The van der Waals surface area contributed by atoms with E-state index in [2.05, 4.69) is 5.10 Å². The molecule has 5 rings (SSSR count). The third-order valence-electron chi connectivity index (χ3n) is 6.03. The minimum absolute atomic E-state index is 0.0284. The van der Waals surface area contributed by atoms with Gasteiger partial charge in [-0.2, -0.15) is 10.4 Å². The lowest BCUT2D eigenvalue weighted by molar-refractivity contribution is -0.137. The Balaban J connectivity index is 1.37. The van der Waals surface area contributed by atoms with Crippen molar-refractivity contribution in [2.45, 2.75) is 25.3 Å². The Kier molecular flexibility index (Phi) is 5.83. The van der Waals surface area contributed by atoms with Gasteiger partial charge in [0.2, 0.25) is 0 Å². The maximum Gasteiger partial charge on any atom is 0.338 e. The summed E-state index contributed by atoms with van der Waals surface area (Å²) in [6.07, 6.45) is 7.79. The molecular formula is C26H21N3O5. The maximum atomic E-state index is 13.2. The van der Waals surface area contributed by atoms with Gasteiger partial charge in [0.15, 0.2) is 6.61 Å². The molecule has 170 valence electrons. The third kappa shape index (κ3) is 4.16. The summed E-state index contributed by atoms with van der Waals surface area (Å²) in [5.74, 6) is 0.251. The number of amides is 1. The predicted octanol–water partition coefficient (Wildman–Crippen LogP) is 4.72. The number of nitriles is 1. The average molecular weight is 455 g/mol. The molecule has 3 heterocycles. The highest BCUT2D eigenvalue weighted by atomic mass is 16.5. The summed E-state index contributed by atoms with van der Waals surface area (Å²) in [5, 5.41) is 15.0. The molecule has 1 saturated carbocycles. The van der Waals surface area contributed by atoms with Crippen molar-refractivity contribution in [3.8, 4) is 6.07 Å². The first-order valence-electron chi connectivity index (χ1n) is 11.0. The van der Waals surface area contributed by atoms with Gasteiger partial charge in [-0.1, -0.05) is 0 Å². The molecule has 0 spiro atoms. The molecule has 0 saturated heterocycles. The molecule has 3 aromatic rings. The van der Waals surface area contributed by atoms with Gasteiger partial charge in [0.1, 0.15) is 17.6 Å². The minimum atomic E-state index is -0.643. The number of esters is 1. The van der Waals surface area contributed by atoms with Crippen LogP contribution in [-0.2, 0) is 9.53 Å². The lowest BCUT2D eigenvalue weighted by Crippen LogP contribution is -2.34. The fourth-order valence-electron chi connectivity index (χ4n) is 4.45. The van der Waals surface area contributed by atoms with E-state index < -0.39 is 24.5 Å². The number of carbonyl (C=O) groups excluding carboxylic acids is 2. The number of allylic oxidation sites excluding steroid dienone is 1. The van der Waals surface area contributed by atoms with Crippen LogP contribution in [0.1, 0.15) is 52.7 Å². The number of rotatable bonds is 5. The molecule has 2 aliphatic rings. The Bertz CT molecular complexity index is 1280. The number of hydrogen-bond acceptors (Lipinski definition) is 7. The first-order chi connectivity index (χ1) is 16.6. The molecule has 8 heteroatoms. The highest BCUT2D eigenvalue weighted by Crippen LogP contribution is 2.44. The van der Waals surface area contributed by atoms with Gasteiger partial charge in [0.25, 0.3) is 5.91 Å². The average Bonchev–Trinajstić information content (AvgIpc) is 3.63. The highest BCUT2D eigenvalue weighted by Gasteiger charge is 2.45. The van der Waals surface area contributed by atoms with Crippen LogP contribution in [0.2, 0.25) is 0 Å². The van der Waals surface area contributed by atoms with Crippen LogP contribution in [0.5, 0.6) is 0 Å². The molecule has 1 aliphatic carbocycles. The fourth-order valence-corrected chi connectivity index (χ4v) is 4.45. The van der Waals surface area contributed by atoms with Gasteiger partial charge >= 0.3 is 5.97 Å². The lowest BCUT2D eigenvalue weighted by Gasteiger charge is -2.27. The summed E-state index contributed by atoms with van der Waals surface area (Å²) < 4.78 is 16.4. The molecule has 2 aromatic heterocycles. The monoisotopic (exact) mass is 455 g/mol. The molecule has 2 unspecified atom stereocenters. The Morgan fingerprint density at radius 3 is 2.65 bits per heavy atom. The van der Waals surface area contributed by atoms with Crippen molar-refractivity contribution < 1.29 is 23.2 Å². The van der Waals surface area contributed by atoms with Crippen LogP contribution >= 0.6 is 0 Å². The number of furan rings is 2. The van der Waals surface area contributed by atoms with Gasteiger partial charge in [0.05, 0.1) is 35.4 Å². The fraction of sp³-hybridized carbons (Fsp3) is 0.231. The topological polar surface area (TPSA) is 109 Å². The van der Waals surface area contributed by atoms with Crippen LogP contribution in [0.3, 0.4) is 0 Å². The molecule has 0 radical (unpaired) electrons. The largest absolute Gasteiger partial charge is 0.467 e. The quantitative estimate of drug-likeness (QED) is 0.515. The van der Waals surface area contributed by atoms with E-state index >= 15 is 0 Å². The van der Waals surface area contributed by atoms with Crippen molar-refractivity contribution in [1.82, 2.24) is 5.01 Å². The second-order valence-corrected chi connectivity index (χ2v) is 8.13. The summed E-state index contributed by atoms with van der Waals surface area (Å²) in [6.45, 7) is -0.462. The van der Waals surface area contributed by atoms with E-state index in [9.17, 15) is 9.59 Å². The molecule has 2 atom stereocenters. The summed E-state index contributed by atoms with van der Waals surface area (Å²) in [4.78, 5) is 25.6. The number of ether oxygens (including phenoxy) is 1. The van der Waals surface area contributed by atoms with Gasteiger partial charge in [-0.15, -0.1) is 0 Å². The number of benzene rings is 1. The van der Waals surface area contributed by atoms with Crippen LogP contribution in [-0.4, -0.2) is 29.2 Å². The number of hydrogen-bond donors (Lipinski definition) is 0. The Morgan fingerprint density at radius 2 is 1.94 bits per heavy atom. The van der Waals surface area contributed by atoms with Gasteiger partial charge in [-0.3, -0.25) is 4.79 Å². The van der Waals surface area contributed by atoms with Crippen LogP contribution in [0.25, 0.3) is 6.08 Å². The summed E-state index contributed by atoms with van der Waals surface area (Å²) in [6, 6.07) is 14.9. The van der Waals surface area contributed by atoms with Crippen molar-refractivity contribution in [1.29, 1.82) is 5.26 Å². The lowest BCUT2D eigenvalue weighted by atomic mass is 9.79. The van der Waals surface area contributed by atoms with Crippen LogP contribution < -0.4 is 0 Å². The van der Waals surface area contributed by atoms with E-state index in [1.54, 1.807) is 18.6 Å². The normalized spacial score (nSPS) is 20.5. The molecule has 0 bridgehead atoms. The first kappa shape index (κ1) is 21.5. The number of fused-ring (bicyclic) bond motifs is 1. The third-order valence-corrected chi connectivity index (χ3v) is 6.03. The van der Waals surface area contributed by atoms with E-state index in [-0.39, 0.29) is 11.5 Å². The standard InChI is InChI=1S/C26H21N3O5/c27-15-17-8-10-18(11-9-17)26(31)34-16-23(30)29-25(22-7-3-13-33-22)21-6-1-4-19(24(21)28-29)14-20-5-2-12-32-20/h2-3,5,7-14,21,25H,1,4,6,16H2. The minimum Gasteiger partial charge on any atom is -0.467 e. The van der Waals surface area contributed by atoms with Gasteiger partial charge in [-0.05, 0) is 79.4 Å². The molecule has 1 aromatic carbocycles. The molecule has 1 amide bonds. The molecule has 8 nitrogen and oxygen atoms in total. The van der Waals surface area contributed by atoms with Crippen molar-refractivity contribution in [2.24, 2.45) is 11.0 Å². The smallest absolute Gasteiger partial charge is 0.338 e. The van der Waals surface area contributed by atoms with Gasteiger partial charge in [0, 0.05) is 5.92 Å². The van der Waals surface area contributed by atoms with E-state index in [0.717, 1.165) is 36.3 Å². The van der Waals surface area contributed by atoms with Crippen LogP contribution in [0, 0.1) is 17.2 Å². The second kappa shape index (κ2) is 9.24. The molecule has 1 fully saturated rings. The van der Waals surface area contributed by atoms with E-state index in [0.29, 0.717) is 11.3 Å². The van der Waals surface area contributed by atoms with Gasteiger partial charge < -0.3 is 13.6 Å². The number of hydrazone groups is 1. The van der Waals surface area contributed by atoms with Crippen molar-refractivity contribution in [3.63, 3.8) is 0 Å². The Hall–Kier alpha value is -4.38. The SMILES string of the molecule is N#Cc1ccc(C(=O)OCC(=O)N2N=C3C(=Cc4ccco4)CCCC3C2c2ccco2)cc1. The Labute approximate surface area is 195 Å². The van der Waals surface area contributed by atoms with Crippen molar-refractivity contribution in [2.75, 3.05) is 6.61 Å². The predicted molar refractivity (Wildman–Crippen MR) is 121 cm³/mol. The Morgan fingerprint density at radius 1 is 1.15 bits per heavy atom. The number of carbonyl (C=O) groups is 2. The van der Waals surface area contributed by atoms with Crippen molar-refractivity contribution in [3.05, 3.63) is 89.3 Å². The van der Waals surface area contributed by atoms with Crippen LogP contribution in [0.4, 0.5) is 0 Å². The summed E-state index contributed by atoms with van der Waals surface area (Å²) in [5.41, 5.74) is 2.55. The zero-order chi connectivity index (χ0) is 23.5. The molecule has 1 aliphatic heterocycles. The molecular weight excluding hydrogens is 434 g/mol. The zero-order valence-electron chi connectivity index (χ0n) is 18.2. The van der Waals surface area contributed by atoms with Crippen LogP contribution in [0.15, 0.2) is 80.6 Å². The molecule has 0 N–H and O–H groups in total. The summed E-state index contributed by atoms with van der Waals surface area (Å²) >= 11 is 0. The van der Waals surface area contributed by atoms with E-state index in [4.69, 9.17) is 18.8 Å². The van der Waals surface area contributed by atoms with Crippen molar-refractivity contribution >= 4 is 23.7 Å². The van der Waals surface area contributed by atoms with E-state index in [1.165, 1.54) is 29.3 Å². The number of nitrogens with zero attached hydrogens (tertiary/aromatic N) is 3. The zero-order valence-corrected chi connectivity index (χ0v) is 18.2. The maximum absolute atomic E-state index is 13.2. The molecule has 34 heavy (non-hydrogen) atoms. The summed E-state index contributed by atoms with van der Waals surface area (Å²) in [7, 11) is 0. The van der Waals surface area contributed by atoms with E-state index in [1.807, 2.05) is 30.3 Å². The second-order valence-electron chi connectivity index (χ2n) is 8.13. The first-order valence-corrected chi connectivity index (χ1v) is 11.0. The highest BCUT2D eigenvalue weighted by molar-refractivity contribution is 6.08.